The van der Waals surface area contributed by atoms with Gasteiger partial charge in [-0.15, -0.1) is 0 Å². The molecule has 6 nitrogen and oxygen atoms in total. The van der Waals surface area contributed by atoms with Crippen LogP contribution < -0.4 is 18.9 Å². The molecule has 0 radical (unpaired) electrons. The molecule has 4 aromatic carbocycles. The molecule has 0 atom stereocenters. The molecule has 0 aliphatic carbocycles. The van der Waals surface area contributed by atoms with Gasteiger partial charge in [-0.1, -0.05) is 0 Å². The summed E-state index contributed by atoms with van der Waals surface area (Å²) in [7, 11) is 6.37. The first kappa shape index (κ1) is 26.3. The predicted molar refractivity (Wildman–Crippen MR) is 153 cm³/mol. The zero-order valence-electron chi connectivity index (χ0n) is 22.1. The fraction of sp³-hybridized carbons (Fsp3) is 0.125. The van der Waals surface area contributed by atoms with Crippen molar-refractivity contribution in [2.45, 2.75) is 0 Å². The Morgan fingerprint density at radius 3 is 0.846 bits per heavy atom. The molecule has 198 valence electrons. The summed E-state index contributed by atoms with van der Waals surface area (Å²) >= 11 is -5.00. The van der Waals surface area contributed by atoms with E-state index < -0.39 is 12.7 Å². The normalized spacial score (nSPS) is 14.4. The molecule has 1 aliphatic heterocycles. The third-order valence-corrected chi connectivity index (χ3v) is 10.8. The summed E-state index contributed by atoms with van der Waals surface area (Å²) in [5, 5.41) is 0. The second-order valence-electron chi connectivity index (χ2n) is 8.83. The first-order valence-electron chi connectivity index (χ1n) is 12.2. The maximum absolute atomic E-state index is 14.7. The Morgan fingerprint density at radius 2 is 0.615 bits per heavy atom. The Labute approximate surface area is 229 Å². The summed E-state index contributed by atoms with van der Waals surface area (Å²) in [5.74, 6) is 2.66. The Hall–Kier alpha value is -4.32. The van der Waals surface area contributed by atoms with Crippen LogP contribution >= 0.6 is 0 Å². The zero-order valence-corrected chi connectivity index (χ0v) is 23.8. The Kier molecular flexibility index (Phi) is 7.29. The summed E-state index contributed by atoms with van der Waals surface area (Å²) in [6, 6.07) is 29.2. The van der Waals surface area contributed by atoms with E-state index >= 15 is 0 Å². The maximum atomic E-state index is 14.7. The summed E-state index contributed by atoms with van der Waals surface area (Å²) in [5.41, 5.74) is 4.02. The van der Waals surface area contributed by atoms with Crippen molar-refractivity contribution in [1.82, 2.24) is 0 Å². The molecule has 0 fully saturated rings. The fourth-order valence-corrected chi connectivity index (χ4v) is 9.10. The number of benzene rings is 4. The van der Waals surface area contributed by atoms with Crippen molar-refractivity contribution in [3.05, 3.63) is 119 Å². The molecule has 0 N–H and O–H groups in total. The van der Waals surface area contributed by atoms with Crippen LogP contribution in [0, 0.1) is 0 Å². The molecular weight excluding hydrogens is 559 g/mol. The van der Waals surface area contributed by atoms with Crippen LogP contribution in [0.25, 0.3) is 20.1 Å². The standard InChI is InChI=1S/C32H28O6Se/c1-35-25-13-5-21(6-14-25)29-30(22-7-15-26(36-2)16-8-22)32(24-11-19-28(38-4)20-12-24)39(33,34)31(29)23-9-17-27(37-3)18-10-23/h5-20H,1-4H3. The van der Waals surface area contributed by atoms with Gasteiger partial charge in [0.15, 0.2) is 0 Å². The second-order valence-corrected chi connectivity index (χ2v) is 12.7. The van der Waals surface area contributed by atoms with Gasteiger partial charge in [0.1, 0.15) is 0 Å². The number of allylic oxidation sites excluding steroid dienone is 2. The molecule has 0 amide bonds. The summed E-state index contributed by atoms with van der Waals surface area (Å²) in [6.07, 6.45) is 0. The molecule has 0 saturated carbocycles. The molecule has 5 rings (SSSR count). The first-order valence-corrected chi connectivity index (χ1v) is 15.3. The predicted octanol–water partition coefficient (Wildman–Crippen LogP) is 6.64. The quantitative estimate of drug-likeness (QED) is 0.215. The molecule has 4 aromatic rings. The third kappa shape index (κ3) is 4.83. The van der Waals surface area contributed by atoms with Crippen molar-refractivity contribution in [1.29, 1.82) is 0 Å². The van der Waals surface area contributed by atoms with Crippen LogP contribution in [0.1, 0.15) is 22.3 Å². The van der Waals surface area contributed by atoms with Gasteiger partial charge in [-0.3, -0.25) is 0 Å². The monoisotopic (exact) mass is 588 g/mol. The average molecular weight is 588 g/mol. The molecule has 0 saturated heterocycles. The number of hydrogen-bond acceptors (Lipinski definition) is 6. The van der Waals surface area contributed by atoms with Crippen molar-refractivity contribution in [2.24, 2.45) is 0 Å². The summed E-state index contributed by atoms with van der Waals surface area (Å²) in [4.78, 5) is 0. The van der Waals surface area contributed by atoms with E-state index in [1.807, 2.05) is 48.5 Å². The molecule has 0 unspecified atom stereocenters. The van der Waals surface area contributed by atoms with E-state index in [2.05, 4.69) is 0 Å². The molecule has 0 bridgehead atoms. The van der Waals surface area contributed by atoms with E-state index in [-0.39, 0.29) is 0 Å². The molecule has 0 aromatic heterocycles. The Bertz CT molecular complexity index is 1530. The van der Waals surface area contributed by atoms with Crippen LogP contribution in [0.2, 0.25) is 0 Å². The van der Waals surface area contributed by atoms with Crippen molar-refractivity contribution >= 4 is 32.8 Å². The molecule has 1 heterocycles. The van der Waals surface area contributed by atoms with Gasteiger partial charge < -0.3 is 0 Å². The number of ether oxygens (including phenoxy) is 4. The van der Waals surface area contributed by atoms with Gasteiger partial charge in [-0.25, -0.2) is 0 Å². The molecule has 1 aliphatic rings. The summed E-state index contributed by atoms with van der Waals surface area (Å²) in [6.45, 7) is 0. The van der Waals surface area contributed by atoms with Crippen molar-refractivity contribution < 1.29 is 26.6 Å². The average Bonchev–Trinajstić information content (AvgIpc) is 3.24. The molecule has 0 spiro atoms. The van der Waals surface area contributed by atoms with E-state index in [4.69, 9.17) is 18.9 Å². The van der Waals surface area contributed by atoms with Gasteiger partial charge in [0.25, 0.3) is 0 Å². The van der Waals surface area contributed by atoms with Crippen LogP contribution in [-0.4, -0.2) is 41.1 Å². The zero-order chi connectivity index (χ0) is 27.6. The Morgan fingerprint density at radius 1 is 0.385 bits per heavy atom. The minimum absolute atomic E-state index is 0.302. The van der Waals surface area contributed by atoms with Crippen LogP contribution in [0.15, 0.2) is 97.1 Å². The molecule has 7 heteroatoms. The van der Waals surface area contributed by atoms with Crippen molar-refractivity contribution in [3.63, 3.8) is 0 Å². The summed E-state index contributed by atoms with van der Waals surface area (Å²) < 4.78 is 51.4. The van der Waals surface area contributed by atoms with Crippen molar-refractivity contribution in [2.75, 3.05) is 28.4 Å². The van der Waals surface area contributed by atoms with Gasteiger partial charge in [0, 0.05) is 0 Å². The van der Waals surface area contributed by atoms with E-state index in [0.29, 0.717) is 54.2 Å². The topological polar surface area (TPSA) is 71.1 Å². The third-order valence-electron chi connectivity index (χ3n) is 6.70. The van der Waals surface area contributed by atoms with Crippen LogP contribution in [-0.2, 0) is 7.67 Å². The van der Waals surface area contributed by atoms with E-state index in [9.17, 15) is 7.67 Å². The molecular formula is C32H28O6Se. The number of hydrogen-bond donors (Lipinski definition) is 0. The molecule has 39 heavy (non-hydrogen) atoms. The van der Waals surface area contributed by atoms with Gasteiger partial charge in [0.05, 0.1) is 0 Å². The van der Waals surface area contributed by atoms with Gasteiger partial charge >= 0.3 is 230 Å². The Balaban J connectivity index is 1.87. The van der Waals surface area contributed by atoms with Crippen LogP contribution in [0.3, 0.4) is 0 Å². The number of methoxy groups -OCH3 is 4. The van der Waals surface area contributed by atoms with E-state index in [1.165, 1.54) is 0 Å². The van der Waals surface area contributed by atoms with Crippen LogP contribution in [0.4, 0.5) is 0 Å². The van der Waals surface area contributed by atoms with E-state index in [1.54, 1.807) is 77.0 Å². The van der Waals surface area contributed by atoms with E-state index in [0.717, 1.165) is 11.1 Å². The SMILES string of the molecule is COc1ccc(C2=C(c3ccc(OC)cc3)[Se](=O)(=O)C(c3ccc(OC)cc3)=C2c2ccc(OC)cc2)cc1. The fourth-order valence-electron chi connectivity index (χ4n) is 4.75. The van der Waals surface area contributed by atoms with Gasteiger partial charge in [-0.2, -0.15) is 0 Å². The minimum atomic E-state index is -5.00. The van der Waals surface area contributed by atoms with Gasteiger partial charge in [0.2, 0.25) is 0 Å². The van der Waals surface area contributed by atoms with Crippen molar-refractivity contribution in [3.8, 4) is 23.0 Å². The van der Waals surface area contributed by atoms with Crippen LogP contribution in [0.5, 0.6) is 23.0 Å². The number of rotatable bonds is 8. The van der Waals surface area contributed by atoms with Gasteiger partial charge in [-0.05, 0) is 0 Å². The second kappa shape index (κ2) is 10.8. The first-order chi connectivity index (χ1) is 18.9.